The molecular formula is C6H6N4O. The van der Waals surface area contributed by atoms with Gasteiger partial charge in [-0.05, 0) is 12.2 Å². The van der Waals surface area contributed by atoms with E-state index in [1.807, 2.05) is 0 Å². The van der Waals surface area contributed by atoms with E-state index in [4.69, 9.17) is 5.73 Å². The summed E-state index contributed by atoms with van der Waals surface area (Å²) >= 11 is 0. The Morgan fingerprint density at radius 1 is 1.64 bits per heavy atom. The maximum absolute atomic E-state index is 10.7. The number of dihydropyridines is 1. The van der Waals surface area contributed by atoms with Gasteiger partial charge in [0, 0.05) is 0 Å². The molecule has 1 atom stereocenters. The van der Waals surface area contributed by atoms with E-state index < -0.39 is 0 Å². The summed E-state index contributed by atoms with van der Waals surface area (Å²) in [5.74, 6) is 0.477. The number of nitrogens with two attached hydrogens (primary N) is 1. The molecule has 0 spiro atoms. The Kier molecular flexibility index (Phi) is 1.13. The highest BCUT2D eigenvalue weighted by atomic mass is 16.2. The number of carbonyl (C=O) groups is 1. The van der Waals surface area contributed by atoms with E-state index >= 15 is 0 Å². The van der Waals surface area contributed by atoms with Crippen LogP contribution >= 0.6 is 0 Å². The van der Waals surface area contributed by atoms with Gasteiger partial charge in [-0.15, -0.1) is 0 Å². The number of nitrogens with zero attached hydrogens (tertiary/aromatic N) is 2. The summed E-state index contributed by atoms with van der Waals surface area (Å²) in [4.78, 5) is 18.2. The fourth-order valence-corrected chi connectivity index (χ4v) is 0.952. The van der Waals surface area contributed by atoms with Crippen molar-refractivity contribution in [3.63, 3.8) is 0 Å². The Hall–Kier alpha value is -1.49. The summed E-state index contributed by atoms with van der Waals surface area (Å²) in [7, 11) is 0. The van der Waals surface area contributed by atoms with Crippen molar-refractivity contribution in [1.29, 1.82) is 0 Å². The zero-order chi connectivity index (χ0) is 7.84. The minimum absolute atomic E-state index is 0.359. The number of nitrogens with one attached hydrogen (secondary N) is 1. The quantitative estimate of drug-likeness (QED) is 0.483. The van der Waals surface area contributed by atoms with E-state index in [1.54, 1.807) is 12.2 Å². The average Bonchev–Trinajstić information content (AvgIpc) is 2.27. The highest BCUT2D eigenvalue weighted by Crippen LogP contribution is 2.03. The van der Waals surface area contributed by atoms with Gasteiger partial charge in [-0.2, -0.15) is 4.99 Å². The summed E-state index contributed by atoms with van der Waals surface area (Å²) < 4.78 is 0. The highest BCUT2D eigenvalue weighted by Gasteiger charge is 2.21. The van der Waals surface area contributed by atoms with E-state index in [-0.39, 0.29) is 12.2 Å². The first-order chi connectivity index (χ1) is 5.25. The lowest BCUT2D eigenvalue weighted by molar-refractivity contribution is 0.254. The Morgan fingerprint density at radius 2 is 2.45 bits per heavy atom. The van der Waals surface area contributed by atoms with Crippen LogP contribution in [-0.4, -0.2) is 23.7 Å². The van der Waals surface area contributed by atoms with Gasteiger partial charge < -0.3 is 5.73 Å². The van der Waals surface area contributed by atoms with Gasteiger partial charge in [0.25, 0.3) is 0 Å². The number of hydrogen-bond acceptors (Lipinski definition) is 3. The maximum Gasteiger partial charge on any atom is 0.347 e. The number of hydrogen-bond donors (Lipinski definition) is 2. The lowest BCUT2D eigenvalue weighted by Gasteiger charge is -2.07. The number of aliphatic imine (C=N–C) groups is 2. The van der Waals surface area contributed by atoms with E-state index in [1.165, 1.54) is 0 Å². The van der Waals surface area contributed by atoms with E-state index in [2.05, 4.69) is 15.3 Å². The molecule has 2 amide bonds. The molecule has 5 heteroatoms. The first-order valence-electron chi connectivity index (χ1n) is 3.17. The van der Waals surface area contributed by atoms with E-state index in [0.29, 0.717) is 11.5 Å². The Balaban J connectivity index is 2.39. The molecule has 2 aliphatic heterocycles. The number of carbonyl (C=O) groups excluding carboxylic acids is 1. The Bertz CT molecular complexity index is 302. The van der Waals surface area contributed by atoms with Gasteiger partial charge in [-0.25, -0.2) is 9.79 Å². The van der Waals surface area contributed by atoms with Crippen LogP contribution < -0.4 is 11.1 Å². The second-order valence-electron chi connectivity index (χ2n) is 2.25. The number of rotatable bonds is 0. The third-order valence-corrected chi connectivity index (χ3v) is 1.42. The molecule has 0 aromatic carbocycles. The van der Waals surface area contributed by atoms with Crippen LogP contribution in [0.4, 0.5) is 4.79 Å². The molecule has 0 fully saturated rings. The van der Waals surface area contributed by atoms with Crippen LogP contribution in [0.1, 0.15) is 0 Å². The molecule has 0 aromatic heterocycles. The topological polar surface area (TPSA) is 79.8 Å². The van der Waals surface area contributed by atoms with Crippen LogP contribution in [0.5, 0.6) is 0 Å². The molecule has 0 radical (unpaired) electrons. The van der Waals surface area contributed by atoms with Crippen molar-refractivity contribution in [2.24, 2.45) is 15.7 Å². The van der Waals surface area contributed by atoms with Crippen LogP contribution in [0.3, 0.4) is 0 Å². The van der Waals surface area contributed by atoms with Crippen LogP contribution in [0.2, 0.25) is 0 Å². The normalized spacial score (nSPS) is 27.4. The monoisotopic (exact) mass is 150 g/mol. The molecule has 56 valence electrons. The van der Waals surface area contributed by atoms with Crippen molar-refractivity contribution in [2.75, 3.05) is 0 Å². The molecule has 5 nitrogen and oxygen atoms in total. The van der Waals surface area contributed by atoms with E-state index in [9.17, 15) is 4.79 Å². The van der Waals surface area contributed by atoms with Gasteiger partial charge in [0.15, 0.2) is 5.84 Å². The Labute approximate surface area is 62.7 Å². The molecule has 2 rings (SSSR count). The second kappa shape index (κ2) is 2.00. The third-order valence-electron chi connectivity index (χ3n) is 1.42. The van der Waals surface area contributed by atoms with Crippen molar-refractivity contribution >= 4 is 17.6 Å². The molecule has 3 N–H and O–H groups in total. The van der Waals surface area contributed by atoms with Crippen LogP contribution in [0.15, 0.2) is 22.1 Å². The van der Waals surface area contributed by atoms with Crippen molar-refractivity contribution in [2.45, 2.75) is 6.17 Å². The fourth-order valence-electron chi connectivity index (χ4n) is 0.952. The van der Waals surface area contributed by atoms with Crippen molar-refractivity contribution in [3.05, 3.63) is 12.2 Å². The minimum atomic E-state index is -0.377. The van der Waals surface area contributed by atoms with E-state index in [0.717, 1.165) is 0 Å². The smallest absolute Gasteiger partial charge is 0.306 e. The number of amides is 2. The first kappa shape index (κ1) is 6.23. The summed E-state index contributed by atoms with van der Waals surface area (Å²) in [6.07, 6.45) is 3.01. The molecule has 0 aliphatic carbocycles. The molecule has 0 saturated heterocycles. The number of fused-ring (bicyclic) bond motifs is 1. The highest BCUT2D eigenvalue weighted by molar-refractivity contribution is 6.52. The summed E-state index contributed by atoms with van der Waals surface area (Å²) in [5, 5.41) is 2.46. The van der Waals surface area contributed by atoms with Crippen LogP contribution in [-0.2, 0) is 0 Å². The van der Waals surface area contributed by atoms with Crippen LogP contribution in [0.25, 0.3) is 0 Å². The van der Waals surface area contributed by atoms with Gasteiger partial charge in [0.1, 0.15) is 11.9 Å². The van der Waals surface area contributed by atoms with Gasteiger partial charge >= 0.3 is 6.03 Å². The molecule has 11 heavy (non-hydrogen) atoms. The molecule has 0 bridgehead atoms. The summed E-state index contributed by atoms with van der Waals surface area (Å²) in [6.45, 7) is 0. The van der Waals surface area contributed by atoms with Crippen molar-refractivity contribution < 1.29 is 4.79 Å². The van der Waals surface area contributed by atoms with Crippen LogP contribution in [0, 0.1) is 0 Å². The zero-order valence-corrected chi connectivity index (χ0v) is 5.61. The molecular weight excluding hydrogens is 144 g/mol. The first-order valence-corrected chi connectivity index (χ1v) is 3.17. The number of urea groups is 1. The molecule has 0 aromatic rings. The number of amidine groups is 1. The second-order valence-corrected chi connectivity index (χ2v) is 2.25. The molecule has 1 unspecified atom stereocenters. The predicted octanol–water partition coefficient (Wildman–Crippen LogP) is -0.596. The summed E-state index contributed by atoms with van der Waals surface area (Å²) in [5.41, 5.74) is 6.02. The molecule has 0 saturated carbocycles. The van der Waals surface area contributed by atoms with Crippen molar-refractivity contribution in [3.8, 4) is 0 Å². The lowest BCUT2D eigenvalue weighted by atomic mass is 10.2. The maximum atomic E-state index is 10.7. The van der Waals surface area contributed by atoms with Gasteiger partial charge in [0.05, 0.1) is 0 Å². The van der Waals surface area contributed by atoms with Gasteiger partial charge in [-0.3, -0.25) is 5.32 Å². The predicted molar refractivity (Wildman–Crippen MR) is 40.5 cm³/mol. The average molecular weight is 150 g/mol. The third kappa shape index (κ3) is 0.947. The Morgan fingerprint density at radius 3 is 3.27 bits per heavy atom. The van der Waals surface area contributed by atoms with Gasteiger partial charge in [0.2, 0.25) is 0 Å². The fraction of sp³-hybridized carbons (Fsp3) is 0.167. The SMILES string of the molecule is NC1C=CC2=NC(=O)NC2=N1. The molecule has 2 heterocycles. The standard InChI is InChI=1S/C6H6N4O/c7-4-2-1-3-5(9-4)10-6(11)8-3/h1-2,4H,7H2,(H,9,10,11). The summed E-state index contributed by atoms with van der Waals surface area (Å²) in [6, 6.07) is -0.377. The zero-order valence-electron chi connectivity index (χ0n) is 5.61. The molecule has 2 aliphatic rings. The van der Waals surface area contributed by atoms with Crippen molar-refractivity contribution in [1.82, 2.24) is 5.32 Å². The van der Waals surface area contributed by atoms with Gasteiger partial charge in [-0.1, -0.05) is 0 Å². The minimum Gasteiger partial charge on any atom is -0.306 e. The lowest BCUT2D eigenvalue weighted by Crippen LogP contribution is -2.31. The largest absolute Gasteiger partial charge is 0.347 e.